The standard InChI is InChI=1S/C17H15BrN4O2/c1-10(2)20-16(23)12-5-3-4-11(6-12)15-21-17(24-22-15)13-7-14(18)9-19-8-13/h3-10H,1-2H3,(H,20,23). The maximum Gasteiger partial charge on any atom is 0.259 e. The Morgan fingerprint density at radius 1 is 1.21 bits per heavy atom. The van der Waals surface area contributed by atoms with Gasteiger partial charge in [0.15, 0.2) is 0 Å². The number of halogens is 1. The molecule has 3 rings (SSSR count). The number of rotatable bonds is 4. The molecule has 24 heavy (non-hydrogen) atoms. The minimum atomic E-state index is -0.133. The quantitative estimate of drug-likeness (QED) is 0.738. The molecule has 0 saturated heterocycles. The Morgan fingerprint density at radius 2 is 2.04 bits per heavy atom. The Hall–Kier alpha value is -2.54. The fourth-order valence-corrected chi connectivity index (χ4v) is 2.50. The lowest BCUT2D eigenvalue weighted by Crippen LogP contribution is -2.30. The number of pyridine rings is 1. The summed E-state index contributed by atoms with van der Waals surface area (Å²) >= 11 is 3.36. The van der Waals surface area contributed by atoms with Gasteiger partial charge in [-0.1, -0.05) is 17.3 Å². The number of hydrogen-bond acceptors (Lipinski definition) is 5. The van der Waals surface area contributed by atoms with E-state index in [9.17, 15) is 4.79 Å². The predicted octanol–water partition coefficient (Wildman–Crippen LogP) is 3.70. The van der Waals surface area contributed by atoms with Crippen LogP contribution in [-0.2, 0) is 0 Å². The van der Waals surface area contributed by atoms with Crippen LogP contribution in [0.15, 0.2) is 51.7 Å². The number of hydrogen-bond donors (Lipinski definition) is 1. The first kappa shape index (κ1) is 16.3. The van der Waals surface area contributed by atoms with E-state index in [0.717, 1.165) is 10.0 Å². The monoisotopic (exact) mass is 386 g/mol. The zero-order valence-electron chi connectivity index (χ0n) is 13.2. The van der Waals surface area contributed by atoms with E-state index < -0.39 is 0 Å². The number of carbonyl (C=O) groups excluding carboxylic acids is 1. The van der Waals surface area contributed by atoms with Crippen molar-refractivity contribution >= 4 is 21.8 Å². The number of nitrogens with one attached hydrogen (secondary N) is 1. The molecule has 0 spiro atoms. The van der Waals surface area contributed by atoms with Crippen LogP contribution in [0.25, 0.3) is 22.8 Å². The number of amides is 1. The van der Waals surface area contributed by atoms with E-state index in [2.05, 4.69) is 36.4 Å². The first-order valence-corrected chi connectivity index (χ1v) is 8.18. The lowest BCUT2D eigenvalue weighted by atomic mass is 10.1. The largest absolute Gasteiger partial charge is 0.350 e. The molecule has 0 atom stereocenters. The summed E-state index contributed by atoms with van der Waals surface area (Å²) in [6.45, 7) is 3.83. The summed E-state index contributed by atoms with van der Waals surface area (Å²) in [5.74, 6) is 0.659. The second-order valence-corrected chi connectivity index (χ2v) is 6.44. The maximum atomic E-state index is 12.1. The van der Waals surface area contributed by atoms with Gasteiger partial charge in [0.25, 0.3) is 11.8 Å². The number of aromatic nitrogens is 3. The average molecular weight is 387 g/mol. The molecule has 0 fully saturated rings. The van der Waals surface area contributed by atoms with Crippen LogP contribution in [0.2, 0.25) is 0 Å². The van der Waals surface area contributed by atoms with Crippen LogP contribution in [-0.4, -0.2) is 27.1 Å². The van der Waals surface area contributed by atoms with E-state index >= 15 is 0 Å². The molecule has 6 nitrogen and oxygen atoms in total. The van der Waals surface area contributed by atoms with Crippen LogP contribution in [0.5, 0.6) is 0 Å². The molecule has 2 heterocycles. The van der Waals surface area contributed by atoms with Crippen molar-refractivity contribution in [2.24, 2.45) is 0 Å². The van der Waals surface area contributed by atoms with Crippen molar-refractivity contribution in [2.45, 2.75) is 19.9 Å². The van der Waals surface area contributed by atoms with Gasteiger partial charge in [0, 0.05) is 34.0 Å². The number of benzene rings is 1. The van der Waals surface area contributed by atoms with Crippen molar-refractivity contribution in [2.75, 3.05) is 0 Å². The molecule has 0 aliphatic rings. The van der Waals surface area contributed by atoms with E-state index in [1.807, 2.05) is 26.0 Å². The van der Waals surface area contributed by atoms with E-state index in [-0.39, 0.29) is 11.9 Å². The summed E-state index contributed by atoms with van der Waals surface area (Å²) in [6, 6.07) is 9.03. The van der Waals surface area contributed by atoms with Crippen molar-refractivity contribution < 1.29 is 9.32 Å². The third-order valence-electron chi connectivity index (χ3n) is 3.18. The SMILES string of the molecule is CC(C)NC(=O)c1cccc(-c2noc(-c3cncc(Br)c3)n2)c1. The summed E-state index contributed by atoms with van der Waals surface area (Å²) in [7, 11) is 0. The molecule has 1 N–H and O–H groups in total. The highest BCUT2D eigenvalue weighted by atomic mass is 79.9. The Balaban J connectivity index is 1.89. The maximum absolute atomic E-state index is 12.1. The lowest BCUT2D eigenvalue weighted by molar-refractivity contribution is 0.0943. The molecule has 0 aliphatic carbocycles. The van der Waals surface area contributed by atoms with Gasteiger partial charge in [-0.2, -0.15) is 4.98 Å². The van der Waals surface area contributed by atoms with Gasteiger partial charge in [0.2, 0.25) is 5.82 Å². The minimum Gasteiger partial charge on any atom is -0.350 e. The molecule has 122 valence electrons. The molecule has 1 aromatic carbocycles. The third-order valence-corrected chi connectivity index (χ3v) is 3.61. The van der Waals surface area contributed by atoms with Crippen LogP contribution in [0, 0.1) is 0 Å². The van der Waals surface area contributed by atoms with Gasteiger partial charge in [0.05, 0.1) is 5.56 Å². The van der Waals surface area contributed by atoms with Crippen molar-refractivity contribution in [3.05, 3.63) is 52.8 Å². The van der Waals surface area contributed by atoms with Crippen LogP contribution in [0.1, 0.15) is 24.2 Å². The minimum absolute atomic E-state index is 0.0713. The second kappa shape index (κ2) is 6.92. The first-order valence-electron chi connectivity index (χ1n) is 7.39. The van der Waals surface area contributed by atoms with E-state index in [1.165, 1.54) is 0 Å². The number of nitrogens with zero attached hydrogens (tertiary/aromatic N) is 3. The van der Waals surface area contributed by atoms with E-state index in [0.29, 0.717) is 22.8 Å². The molecule has 1 amide bonds. The summed E-state index contributed by atoms with van der Waals surface area (Å²) < 4.78 is 6.13. The summed E-state index contributed by atoms with van der Waals surface area (Å²) in [6.07, 6.45) is 3.33. The zero-order chi connectivity index (χ0) is 17.1. The fourth-order valence-electron chi connectivity index (χ4n) is 2.13. The van der Waals surface area contributed by atoms with Gasteiger partial charge >= 0.3 is 0 Å². The molecular formula is C17H15BrN4O2. The summed E-state index contributed by atoms with van der Waals surface area (Å²) in [5, 5.41) is 6.85. The predicted molar refractivity (Wildman–Crippen MR) is 93.3 cm³/mol. The second-order valence-electron chi connectivity index (χ2n) is 5.52. The molecule has 0 radical (unpaired) electrons. The highest BCUT2D eigenvalue weighted by Gasteiger charge is 2.13. The Morgan fingerprint density at radius 3 is 2.79 bits per heavy atom. The molecule has 3 aromatic rings. The first-order chi connectivity index (χ1) is 11.5. The van der Waals surface area contributed by atoms with Gasteiger partial charge in [-0.05, 0) is 48.0 Å². The highest BCUT2D eigenvalue weighted by molar-refractivity contribution is 9.10. The molecule has 0 saturated carbocycles. The zero-order valence-corrected chi connectivity index (χ0v) is 14.7. The Bertz CT molecular complexity index is 876. The smallest absolute Gasteiger partial charge is 0.259 e. The topological polar surface area (TPSA) is 80.9 Å². The van der Waals surface area contributed by atoms with Gasteiger partial charge in [-0.25, -0.2) is 0 Å². The van der Waals surface area contributed by atoms with Crippen LogP contribution in [0.3, 0.4) is 0 Å². The average Bonchev–Trinajstić information content (AvgIpc) is 3.04. The molecule has 0 unspecified atom stereocenters. The Labute approximate surface area is 147 Å². The third kappa shape index (κ3) is 3.68. The van der Waals surface area contributed by atoms with Crippen LogP contribution in [0.4, 0.5) is 0 Å². The Kier molecular flexibility index (Phi) is 4.71. The van der Waals surface area contributed by atoms with Crippen molar-refractivity contribution in [1.29, 1.82) is 0 Å². The normalized spacial score (nSPS) is 10.8. The molecule has 7 heteroatoms. The van der Waals surface area contributed by atoms with Crippen molar-refractivity contribution in [3.8, 4) is 22.8 Å². The number of carbonyl (C=O) groups is 1. The van der Waals surface area contributed by atoms with Gasteiger partial charge < -0.3 is 9.84 Å². The van der Waals surface area contributed by atoms with Gasteiger partial charge in [0.1, 0.15) is 0 Å². The van der Waals surface area contributed by atoms with E-state index in [4.69, 9.17) is 4.52 Å². The molecule has 0 bridgehead atoms. The van der Waals surface area contributed by atoms with E-state index in [1.54, 1.807) is 30.6 Å². The van der Waals surface area contributed by atoms with Gasteiger partial charge in [-0.3, -0.25) is 9.78 Å². The fraction of sp³-hybridized carbons (Fsp3) is 0.176. The van der Waals surface area contributed by atoms with Crippen molar-refractivity contribution in [3.63, 3.8) is 0 Å². The van der Waals surface area contributed by atoms with Gasteiger partial charge in [-0.15, -0.1) is 0 Å². The lowest BCUT2D eigenvalue weighted by Gasteiger charge is -2.08. The highest BCUT2D eigenvalue weighted by Crippen LogP contribution is 2.24. The van der Waals surface area contributed by atoms with Crippen LogP contribution >= 0.6 is 15.9 Å². The summed E-state index contributed by atoms with van der Waals surface area (Å²) in [4.78, 5) is 20.6. The molecular weight excluding hydrogens is 372 g/mol. The van der Waals surface area contributed by atoms with Crippen molar-refractivity contribution in [1.82, 2.24) is 20.4 Å². The summed E-state index contributed by atoms with van der Waals surface area (Å²) in [5.41, 5.74) is 1.98. The van der Waals surface area contributed by atoms with Crippen LogP contribution < -0.4 is 5.32 Å². The molecule has 2 aromatic heterocycles. The molecule has 0 aliphatic heterocycles.